The van der Waals surface area contributed by atoms with E-state index in [1.165, 1.54) is 17.3 Å². The largest absolute Gasteiger partial charge is 0.467 e. The predicted molar refractivity (Wildman–Crippen MR) is 114 cm³/mol. The average molecular weight is 405 g/mol. The molecule has 1 fully saturated rings. The summed E-state index contributed by atoms with van der Waals surface area (Å²) in [5.41, 5.74) is 2.97. The van der Waals surface area contributed by atoms with Gasteiger partial charge in [-0.3, -0.25) is 4.79 Å². The molecule has 5 rings (SSSR count). The summed E-state index contributed by atoms with van der Waals surface area (Å²) in [4.78, 5) is 17.6. The lowest BCUT2D eigenvalue weighted by Crippen LogP contribution is -2.61. The van der Waals surface area contributed by atoms with Gasteiger partial charge in [0.2, 0.25) is 5.91 Å². The second-order valence-electron chi connectivity index (χ2n) is 7.89. The first kappa shape index (κ1) is 18.7. The van der Waals surface area contributed by atoms with Crippen molar-refractivity contribution in [3.63, 3.8) is 0 Å². The topological polar surface area (TPSA) is 48.7 Å². The minimum Gasteiger partial charge on any atom is -0.467 e. The third-order valence-electron chi connectivity index (χ3n) is 6.17. The maximum absolute atomic E-state index is 14.4. The first-order valence-corrected chi connectivity index (χ1v) is 10.3. The SMILES string of the molecule is O=C(NCc1ccco1)[C@@H]1Cc2ccccc2N2CCN(c3ccccc3F)C[C@@H]12. The molecule has 5 nitrogen and oxygen atoms in total. The van der Waals surface area contributed by atoms with Gasteiger partial charge in [0, 0.05) is 25.3 Å². The summed E-state index contributed by atoms with van der Waals surface area (Å²) in [6.45, 7) is 2.44. The van der Waals surface area contributed by atoms with E-state index in [2.05, 4.69) is 27.2 Å². The number of carbonyl (C=O) groups is 1. The highest BCUT2D eigenvalue weighted by atomic mass is 19.1. The average Bonchev–Trinajstić information content (AvgIpc) is 3.30. The summed E-state index contributed by atoms with van der Waals surface area (Å²) < 4.78 is 19.8. The Balaban J connectivity index is 1.42. The number of halogens is 1. The van der Waals surface area contributed by atoms with Gasteiger partial charge in [-0.2, -0.15) is 0 Å². The standard InChI is InChI=1S/C24H24FN3O2/c25-20-8-2-4-10-22(20)27-11-12-28-21-9-3-1-6-17(21)14-19(23(28)16-27)24(29)26-15-18-7-5-13-30-18/h1-10,13,19,23H,11-12,14-16H2,(H,26,29)/t19-,23+/m1/s1. The minimum atomic E-state index is -0.221. The van der Waals surface area contributed by atoms with Crippen LogP contribution in [0.15, 0.2) is 71.3 Å². The number of carbonyl (C=O) groups excluding carboxylic acids is 1. The predicted octanol–water partition coefficient (Wildman–Crippen LogP) is 3.60. The number of anilines is 2. The van der Waals surface area contributed by atoms with Crippen molar-refractivity contribution in [2.24, 2.45) is 5.92 Å². The van der Waals surface area contributed by atoms with Gasteiger partial charge in [0.1, 0.15) is 11.6 Å². The fraction of sp³-hybridized carbons (Fsp3) is 0.292. The Bertz CT molecular complexity index is 1040. The Kier molecular flexibility index (Phi) is 4.91. The van der Waals surface area contributed by atoms with Crippen LogP contribution in [0, 0.1) is 11.7 Å². The Morgan fingerprint density at radius 3 is 2.63 bits per heavy atom. The Hall–Kier alpha value is -3.28. The summed E-state index contributed by atoms with van der Waals surface area (Å²) in [6.07, 6.45) is 2.28. The lowest BCUT2D eigenvalue weighted by Gasteiger charge is -2.49. The number of hydrogen-bond acceptors (Lipinski definition) is 4. The number of benzene rings is 2. The highest BCUT2D eigenvalue weighted by molar-refractivity contribution is 5.82. The zero-order valence-electron chi connectivity index (χ0n) is 16.6. The van der Waals surface area contributed by atoms with Crippen LogP contribution >= 0.6 is 0 Å². The molecule has 0 saturated carbocycles. The van der Waals surface area contributed by atoms with Crippen LogP contribution in [0.5, 0.6) is 0 Å². The Morgan fingerprint density at radius 1 is 1.03 bits per heavy atom. The molecule has 1 amide bonds. The van der Waals surface area contributed by atoms with Crippen molar-refractivity contribution < 1.29 is 13.6 Å². The lowest BCUT2D eigenvalue weighted by molar-refractivity contribution is -0.126. The van der Waals surface area contributed by atoms with E-state index in [9.17, 15) is 9.18 Å². The van der Waals surface area contributed by atoms with E-state index in [4.69, 9.17) is 4.42 Å². The number of nitrogens with one attached hydrogen (secondary N) is 1. The molecule has 30 heavy (non-hydrogen) atoms. The maximum Gasteiger partial charge on any atom is 0.225 e. The number of furan rings is 1. The molecule has 0 radical (unpaired) electrons. The highest BCUT2D eigenvalue weighted by Crippen LogP contribution is 2.37. The van der Waals surface area contributed by atoms with Gasteiger partial charge in [-0.05, 0) is 42.3 Å². The molecule has 154 valence electrons. The third kappa shape index (κ3) is 3.43. The zero-order chi connectivity index (χ0) is 20.5. The number of rotatable bonds is 4. The van der Waals surface area contributed by atoms with Crippen molar-refractivity contribution in [1.29, 1.82) is 0 Å². The second kappa shape index (κ2) is 7.86. The molecule has 1 N–H and O–H groups in total. The van der Waals surface area contributed by atoms with Crippen LogP contribution in [-0.2, 0) is 17.8 Å². The number of para-hydroxylation sites is 2. The third-order valence-corrected chi connectivity index (χ3v) is 6.17. The van der Waals surface area contributed by atoms with Crippen molar-refractivity contribution in [3.8, 4) is 0 Å². The molecule has 0 spiro atoms. The second-order valence-corrected chi connectivity index (χ2v) is 7.89. The fourth-order valence-electron chi connectivity index (χ4n) is 4.70. The molecule has 1 saturated heterocycles. The molecule has 1 aromatic heterocycles. The molecule has 2 aliphatic rings. The summed E-state index contributed by atoms with van der Waals surface area (Å²) in [7, 11) is 0. The van der Waals surface area contributed by atoms with E-state index < -0.39 is 0 Å². The van der Waals surface area contributed by atoms with Crippen molar-refractivity contribution in [2.75, 3.05) is 29.4 Å². The van der Waals surface area contributed by atoms with Gasteiger partial charge in [0.05, 0.1) is 30.5 Å². The van der Waals surface area contributed by atoms with Crippen molar-refractivity contribution in [3.05, 3.63) is 84.1 Å². The Morgan fingerprint density at radius 2 is 1.83 bits per heavy atom. The van der Waals surface area contributed by atoms with Crippen molar-refractivity contribution in [1.82, 2.24) is 5.32 Å². The van der Waals surface area contributed by atoms with Crippen LogP contribution in [0.4, 0.5) is 15.8 Å². The van der Waals surface area contributed by atoms with Crippen LogP contribution in [0.3, 0.4) is 0 Å². The lowest BCUT2D eigenvalue weighted by atomic mass is 9.83. The molecule has 0 bridgehead atoms. The smallest absolute Gasteiger partial charge is 0.225 e. The number of piperazine rings is 1. The van der Waals surface area contributed by atoms with Crippen LogP contribution in [0.2, 0.25) is 0 Å². The van der Waals surface area contributed by atoms with Gasteiger partial charge < -0.3 is 19.5 Å². The highest BCUT2D eigenvalue weighted by Gasteiger charge is 2.41. The summed E-state index contributed by atoms with van der Waals surface area (Å²) in [6, 6.07) is 18.8. The van der Waals surface area contributed by atoms with Crippen LogP contribution in [0.25, 0.3) is 0 Å². The first-order chi connectivity index (χ1) is 14.7. The molecule has 2 atom stereocenters. The van der Waals surface area contributed by atoms with E-state index in [1.54, 1.807) is 12.3 Å². The summed E-state index contributed by atoms with van der Waals surface area (Å²) in [5, 5.41) is 3.03. The van der Waals surface area contributed by atoms with E-state index in [0.717, 1.165) is 12.3 Å². The van der Waals surface area contributed by atoms with E-state index in [1.807, 2.05) is 36.4 Å². The Labute approximate surface area is 175 Å². The molecule has 2 aromatic carbocycles. The van der Waals surface area contributed by atoms with Gasteiger partial charge in [-0.1, -0.05) is 30.3 Å². The minimum absolute atomic E-state index is 0.00582. The molecule has 0 aliphatic carbocycles. The quantitative estimate of drug-likeness (QED) is 0.721. The maximum atomic E-state index is 14.4. The van der Waals surface area contributed by atoms with E-state index in [0.29, 0.717) is 31.7 Å². The molecule has 0 unspecified atom stereocenters. The van der Waals surface area contributed by atoms with Crippen LogP contribution < -0.4 is 15.1 Å². The molecule has 3 aromatic rings. The van der Waals surface area contributed by atoms with Crippen molar-refractivity contribution >= 4 is 17.3 Å². The molecule has 3 heterocycles. The summed E-state index contributed by atoms with van der Waals surface area (Å²) in [5.74, 6) is 0.296. The molecule has 2 aliphatic heterocycles. The zero-order valence-corrected chi connectivity index (χ0v) is 16.6. The van der Waals surface area contributed by atoms with Gasteiger partial charge in [0.25, 0.3) is 0 Å². The number of nitrogens with zero attached hydrogens (tertiary/aromatic N) is 2. The normalized spacial score (nSPS) is 20.4. The van der Waals surface area contributed by atoms with Crippen LogP contribution in [0.1, 0.15) is 11.3 Å². The van der Waals surface area contributed by atoms with E-state index in [-0.39, 0.29) is 23.7 Å². The van der Waals surface area contributed by atoms with E-state index >= 15 is 0 Å². The number of amides is 1. The molecular formula is C24H24FN3O2. The van der Waals surface area contributed by atoms with Crippen molar-refractivity contribution in [2.45, 2.75) is 19.0 Å². The molecule has 6 heteroatoms. The van der Waals surface area contributed by atoms with Gasteiger partial charge in [-0.25, -0.2) is 4.39 Å². The summed E-state index contributed by atoms with van der Waals surface area (Å²) >= 11 is 0. The fourth-order valence-corrected chi connectivity index (χ4v) is 4.70. The number of fused-ring (bicyclic) bond motifs is 3. The molecular weight excluding hydrogens is 381 g/mol. The van der Waals surface area contributed by atoms with Gasteiger partial charge in [-0.15, -0.1) is 0 Å². The van der Waals surface area contributed by atoms with Crippen LogP contribution in [-0.4, -0.2) is 31.6 Å². The monoisotopic (exact) mass is 405 g/mol. The number of hydrogen-bond donors (Lipinski definition) is 1. The van der Waals surface area contributed by atoms with Gasteiger partial charge in [0.15, 0.2) is 0 Å². The van der Waals surface area contributed by atoms with Gasteiger partial charge >= 0.3 is 0 Å². The first-order valence-electron chi connectivity index (χ1n) is 10.3.